The van der Waals surface area contributed by atoms with Crippen molar-refractivity contribution < 1.29 is 4.74 Å². The molecule has 2 heteroatoms. The minimum atomic E-state index is 0.406. The molecule has 2 nitrogen and oxygen atoms in total. The van der Waals surface area contributed by atoms with Crippen LogP contribution in [-0.2, 0) is 4.74 Å². The van der Waals surface area contributed by atoms with Gasteiger partial charge in [0.1, 0.15) is 0 Å². The van der Waals surface area contributed by atoms with Crippen molar-refractivity contribution in [1.29, 1.82) is 0 Å². The van der Waals surface area contributed by atoms with Gasteiger partial charge in [-0.15, -0.1) is 0 Å². The first-order valence-corrected chi connectivity index (χ1v) is 6.37. The van der Waals surface area contributed by atoms with Crippen LogP contribution >= 0.6 is 0 Å². The highest BCUT2D eigenvalue weighted by molar-refractivity contribution is 4.90. The third kappa shape index (κ3) is 3.46. The Hall–Kier alpha value is -0.0800. The van der Waals surface area contributed by atoms with E-state index < -0.39 is 0 Å². The van der Waals surface area contributed by atoms with E-state index in [1.54, 1.807) is 0 Å². The maximum atomic E-state index is 5.74. The first kappa shape index (κ1) is 13.0. The van der Waals surface area contributed by atoms with Crippen LogP contribution < -0.4 is 5.32 Å². The average molecular weight is 213 g/mol. The second kappa shape index (κ2) is 5.86. The van der Waals surface area contributed by atoms with Crippen LogP contribution in [0.3, 0.4) is 0 Å². The Labute approximate surface area is 94.8 Å². The summed E-state index contributed by atoms with van der Waals surface area (Å²) in [5.74, 6) is 0.828. The maximum absolute atomic E-state index is 5.74. The number of ether oxygens (including phenoxy) is 1. The Morgan fingerprint density at radius 2 is 2.20 bits per heavy atom. The molecule has 2 atom stereocenters. The number of nitrogens with one attached hydrogen (secondary N) is 1. The zero-order chi connectivity index (χ0) is 11.3. The van der Waals surface area contributed by atoms with Gasteiger partial charge < -0.3 is 10.1 Å². The second-order valence-corrected chi connectivity index (χ2v) is 5.44. The highest BCUT2D eigenvalue weighted by Crippen LogP contribution is 2.39. The van der Waals surface area contributed by atoms with E-state index >= 15 is 0 Å². The van der Waals surface area contributed by atoms with E-state index in [1.165, 1.54) is 25.7 Å². The lowest BCUT2D eigenvalue weighted by Crippen LogP contribution is -2.38. The van der Waals surface area contributed by atoms with Gasteiger partial charge in [0, 0.05) is 18.6 Å². The number of hydrogen-bond donors (Lipinski definition) is 1. The van der Waals surface area contributed by atoms with Gasteiger partial charge >= 0.3 is 0 Å². The fourth-order valence-electron chi connectivity index (χ4n) is 2.68. The number of rotatable bonds is 6. The van der Waals surface area contributed by atoms with E-state index in [2.05, 4.69) is 33.1 Å². The molecule has 1 heterocycles. The molecule has 0 aromatic carbocycles. The van der Waals surface area contributed by atoms with Gasteiger partial charge in [-0.05, 0) is 32.7 Å². The van der Waals surface area contributed by atoms with Crippen molar-refractivity contribution >= 4 is 0 Å². The fraction of sp³-hybridized carbons (Fsp3) is 1.00. The van der Waals surface area contributed by atoms with Gasteiger partial charge in [0.25, 0.3) is 0 Å². The Bertz CT molecular complexity index is 181. The molecule has 90 valence electrons. The van der Waals surface area contributed by atoms with Crippen LogP contribution in [0.4, 0.5) is 0 Å². The predicted molar refractivity (Wildman–Crippen MR) is 65.1 cm³/mol. The summed E-state index contributed by atoms with van der Waals surface area (Å²) in [6.07, 6.45) is 5.66. The monoisotopic (exact) mass is 213 g/mol. The molecular formula is C13H27NO. The summed E-state index contributed by atoms with van der Waals surface area (Å²) in [4.78, 5) is 0. The van der Waals surface area contributed by atoms with E-state index in [9.17, 15) is 0 Å². The Kier molecular flexibility index (Phi) is 5.07. The van der Waals surface area contributed by atoms with E-state index in [4.69, 9.17) is 4.74 Å². The van der Waals surface area contributed by atoms with Crippen LogP contribution in [0.15, 0.2) is 0 Å². The molecule has 0 saturated carbocycles. The lowest BCUT2D eigenvalue weighted by molar-refractivity contribution is 0.0576. The van der Waals surface area contributed by atoms with Crippen molar-refractivity contribution in [3.8, 4) is 0 Å². The standard InChI is InChI=1S/C13H27NO/c1-11(2)6-5-7-13(10-14-4)8-9-15-12(13)3/h11-12,14H,5-10H2,1-4H3. The van der Waals surface area contributed by atoms with Crippen molar-refractivity contribution in [2.75, 3.05) is 20.2 Å². The summed E-state index contributed by atoms with van der Waals surface area (Å²) in [5, 5.41) is 3.34. The van der Waals surface area contributed by atoms with Gasteiger partial charge in [-0.3, -0.25) is 0 Å². The average Bonchev–Trinajstić information content (AvgIpc) is 2.48. The molecule has 0 aromatic heterocycles. The van der Waals surface area contributed by atoms with Gasteiger partial charge in [0.2, 0.25) is 0 Å². The Morgan fingerprint density at radius 1 is 1.47 bits per heavy atom. The molecule has 1 aliphatic rings. The highest BCUT2D eigenvalue weighted by Gasteiger charge is 2.40. The summed E-state index contributed by atoms with van der Waals surface area (Å²) in [6.45, 7) is 8.90. The molecular weight excluding hydrogens is 186 g/mol. The molecule has 1 saturated heterocycles. The van der Waals surface area contributed by atoms with Crippen LogP contribution in [0.5, 0.6) is 0 Å². The van der Waals surface area contributed by atoms with Crippen molar-refractivity contribution in [3.63, 3.8) is 0 Å². The molecule has 0 radical (unpaired) electrons. The Balaban J connectivity index is 2.43. The number of hydrogen-bond acceptors (Lipinski definition) is 2. The maximum Gasteiger partial charge on any atom is 0.0616 e. The van der Waals surface area contributed by atoms with E-state index in [0.717, 1.165) is 19.1 Å². The van der Waals surface area contributed by atoms with Crippen molar-refractivity contribution in [1.82, 2.24) is 5.32 Å². The molecule has 1 fully saturated rings. The third-order valence-electron chi connectivity index (χ3n) is 3.82. The molecule has 0 amide bonds. The zero-order valence-electron chi connectivity index (χ0n) is 10.8. The minimum absolute atomic E-state index is 0.406. The lowest BCUT2D eigenvalue weighted by Gasteiger charge is -2.32. The van der Waals surface area contributed by atoms with Gasteiger partial charge in [-0.2, -0.15) is 0 Å². The normalized spacial score (nSPS) is 31.4. The minimum Gasteiger partial charge on any atom is -0.378 e. The first-order chi connectivity index (χ1) is 7.10. The highest BCUT2D eigenvalue weighted by atomic mass is 16.5. The molecule has 0 aliphatic carbocycles. The molecule has 1 aliphatic heterocycles. The first-order valence-electron chi connectivity index (χ1n) is 6.37. The topological polar surface area (TPSA) is 21.3 Å². The quantitative estimate of drug-likeness (QED) is 0.732. The molecule has 1 N–H and O–H groups in total. The van der Waals surface area contributed by atoms with Crippen LogP contribution in [0, 0.1) is 11.3 Å². The van der Waals surface area contributed by atoms with Crippen molar-refractivity contribution in [3.05, 3.63) is 0 Å². The van der Waals surface area contributed by atoms with Crippen LogP contribution in [-0.4, -0.2) is 26.3 Å². The largest absolute Gasteiger partial charge is 0.378 e. The molecule has 15 heavy (non-hydrogen) atoms. The summed E-state index contributed by atoms with van der Waals surface area (Å²) in [7, 11) is 2.05. The van der Waals surface area contributed by atoms with Crippen LogP contribution in [0.2, 0.25) is 0 Å². The summed E-state index contributed by atoms with van der Waals surface area (Å²) in [5.41, 5.74) is 0.406. The van der Waals surface area contributed by atoms with Crippen LogP contribution in [0.25, 0.3) is 0 Å². The smallest absolute Gasteiger partial charge is 0.0616 e. The second-order valence-electron chi connectivity index (χ2n) is 5.44. The van der Waals surface area contributed by atoms with Crippen molar-refractivity contribution in [2.24, 2.45) is 11.3 Å². The molecule has 0 spiro atoms. The lowest BCUT2D eigenvalue weighted by atomic mass is 9.76. The summed E-state index contributed by atoms with van der Waals surface area (Å²) in [6, 6.07) is 0. The van der Waals surface area contributed by atoms with Gasteiger partial charge in [-0.1, -0.05) is 26.7 Å². The SMILES string of the molecule is CNCC1(CCCC(C)C)CCOC1C. The van der Waals surface area contributed by atoms with Gasteiger partial charge in [0.15, 0.2) is 0 Å². The third-order valence-corrected chi connectivity index (χ3v) is 3.82. The predicted octanol–water partition coefficient (Wildman–Crippen LogP) is 2.83. The van der Waals surface area contributed by atoms with Crippen LogP contribution in [0.1, 0.15) is 46.5 Å². The molecule has 0 aromatic rings. The molecule has 1 rings (SSSR count). The van der Waals surface area contributed by atoms with E-state index in [1.807, 2.05) is 0 Å². The zero-order valence-corrected chi connectivity index (χ0v) is 10.8. The Morgan fingerprint density at radius 3 is 2.67 bits per heavy atom. The summed E-state index contributed by atoms with van der Waals surface area (Å²) < 4.78 is 5.74. The fourth-order valence-corrected chi connectivity index (χ4v) is 2.68. The summed E-state index contributed by atoms with van der Waals surface area (Å²) >= 11 is 0. The van der Waals surface area contributed by atoms with Crippen molar-refractivity contribution in [2.45, 2.75) is 52.6 Å². The molecule has 0 bridgehead atoms. The van der Waals surface area contributed by atoms with Gasteiger partial charge in [0.05, 0.1) is 6.10 Å². The van der Waals surface area contributed by atoms with Gasteiger partial charge in [-0.25, -0.2) is 0 Å². The van der Waals surface area contributed by atoms with E-state index in [0.29, 0.717) is 11.5 Å². The van der Waals surface area contributed by atoms with E-state index in [-0.39, 0.29) is 0 Å². The molecule has 2 unspecified atom stereocenters.